The molecule has 1 unspecified atom stereocenters. The van der Waals surface area contributed by atoms with Crippen molar-refractivity contribution >= 4 is 26.4 Å². The lowest BCUT2D eigenvalue weighted by atomic mass is 9.99. The van der Waals surface area contributed by atoms with E-state index in [4.69, 9.17) is 0 Å². The largest absolute Gasteiger partial charge is 0.369 e. The van der Waals surface area contributed by atoms with Crippen molar-refractivity contribution in [3.63, 3.8) is 0 Å². The Morgan fingerprint density at radius 3 is 2.63 bits per heavy atom. The zero-order chi connectivity index (χ0) is 21.6. The van der Waals surface area contributed by atoms with Crippen molar-refractivity contribution in [1.29, 1.82) is 0 Å². The maximum atomic E-state index is 15.0. The van der Waals surface area contributed by atoms with Crippen LogP contribution >= 0.6 is 0 Å². The number of sulfone groups is 1. The molecule has 0 aliphatic carbocycles. The minimum atomic E-state index is -4.02. The topological polar surface area (TPSA) is 59.4 Å². The molecule has 0 spiro atoms. The summed E-state index contributed by atoms with van der Waals surface area (Å²) in [5.74, 6) is -0.0293. The lowest BCUT2D eigenvalue weighted by Crippen LogP contribution is -2.35. The molecule has 2 aromatic carbocycles. The molecule has 30 heavy (non-hydrogen) atoms. The number of pyridine rings is 1. The summed E-state index contributed by atoms with van der Waals surface area (Å²) in [6.45, 7) is 5.45. The Hall–Kier alpha value is -2.67. The number of halogens is 1. The zero-order valence-corrected chi connectivity index (χ0v) is 18.2. The van der Waals surface area contributed by atoms with E-state index in [0.29, 0.717) is 17.1 Å². The van der Waals surface area contributed by atoms with Gasteiger partial charge in [0, 0.05) is 26.3 Å². The number of nitrogens with zero attached hydrogens (tertiary/aromatic N) is 2. The highest BCUT2D eigenvalue weighted by molar-refractivity contribution is 7.91. The Morgan fingerprint density at radius 2 is 1.93 bits per heavy atom. The number of benzene rings is 2. The first-order chi connectivity index (χ1) is 14.2. The number of rotatable bonds is 3. The van der Waals surface area contributed by atoms with E-state index >= 15 is 4.39 Å². The first kappa shape index (κ1) is 20.6. The molecule has 1 fully saturated rings. The summed E-state index contributed by atoms with van der Waals surface area (Å²) in [5.41, 5.74) is 1.07. The molecule has 0 bridgehead atoms. The van der Waals surface area contributed by atoms with Gasteiger partial charge in [0.25, 0.3) is 0 Å². The first-order valence-corrected chi connectivity index (χ1v) is 11.6. The monoisotopic (exact) mass is 428 g/mol. The second kappa shape index (κ2) is 7.54. The van der Waals surface area contributed by atoms with Crippen LogP contribution in [-0.4, -0.2) is 26.1 Å². The van der Waals surface area contributed by atoms with Crippen LogP contribution in [0, 0.1) is 18.7 Å². The SMILES string of the molecule is Cc1cccc(S(=O)(=O)c2cn(C)c3cc(N4CCCC(C)C4)c(F)cc3c2=O)c1. The van der Waals surface area contributed by atoms with E-state index in [1.165, 1.54) is 24.4 Å². The Bertz CT molecular complexity index is 1300. The average Bonchev–Trinajstić information content (AvgIpc) is 2.70. The molecule has 0 saturated carbocycles. The van der Waals surface area contributed by atoms with Crippen molar-refractivity contribution in [3.05, 3.63) is 64.2 Å². The van der Waals surface area contributed by atoms with Gasteiger partial charge in [0.2, 0.25) is 15.3 Å². The predicted octanol–water partition coefficient (Wildman–Crippen LogP) is 4.06. The van der Waals surface area contributed by atoms with Gasteiger partial charge in [0.05, 0.1) is 21.5 Å². The summed E-state index contributed by atoms with van der Waals surface area (Å²) in [4.78, 5) is 14.8. The predicted molar refractivity (Wildman–Crippen MR) is 116 cm³/mol. The van der Waals surface area contributed by atoms with Crippen molar-refractivity contribution in [3.8, 4) is 0 Å². The number of hydrogen-bond acceptors (Lipinski definition) is 4. The molecule has 2 heterocycles. The van der Waals surface area contributed by atoms with Gasteiger partial charge in [-0.2, -0.15) is 0 Å². The van der Waals surface area contributed by atoms with Gasteiger partial charge in [-0.3, -0.25) is 4.79 Å². The van der Waals surface area contributed by atoms with Crippen LogP contribution in [-0.2, 0) is 16.9 Å². The highest BCUT2D eigenvalue weighted by Gasteiger charge is 2.25. The minimum Gasteiger partial charge on any atom is -0.369 e. The molecule has 5 nitrogen and oxygen atoms in total. The van der Waals surface area contributed by atoms with Crippen LogP contribution in [0.3, 0.4) is 0 Å². The molecule has 1 aliphatic heterocycles. The van der Waals surface area contributed by atoms with Crippen LogP contribution in [0.2, 0.25) is 0 Å². The van der Waals surface area contributed by atoms with Crippen LogP contribution in [0.4, 0.5) is 10.1 Å². The summed E-state index contributed by atoms with van der Waals surface area (Å²) in [6, 6.07) is 9.26. The van der Waals surface area contributed by atoms with Crippen molar-refractivity contribution in [1.82, 2.24) is 4.57 Å². The smallest absolute Gasteiger partial charge is 0.211 e. The summed E-state index contributed by atoms with van der Waals surface area (Å²) < 4.78 is 42.8. The summed E-state index contributed by atoms with van der Waals surface area (Å²) in [6.07, 6.45) is 3.44. The van der Waals surface area contributed by atoms with Crippen LogP contribution in [0.5, 0.6) is 0 Å². The van der Waals surface area contributed by atoms with Gasteiger partial charge < -0.3 is 9.47 Å². The lowest BCUT2D eigenvalue weighted by Gasteiger charge is -2.33. The number of hydrogen-bond donors (Lipinski definition) is 0. The zero-order valence-electron chi connectivity index (χ0n) is 17.4. The van der Waals surface area contributed by atoms with Crippen molar-refractivity contribution in [2.24, 2.45) is 13.0 Å². The molecule has 1 aromatic heterocycles. The van der Waals surface area contributed by atoms with E-state index in [1.807, 2.05) is 4.90 Å². The van der Waals surface area contributed by atoms with Gasteiger partial charge in [0.1, 0.15) is 10.7 Å². The third-order valence-electron chi connectivity index (χ3n) is 5.81. The molecular weight excluding hydrogens is 403 g/mol. The van der Waals surface area contributed by atoms with E-state index in [0.717, 1.165) is 31.5 Å². The van der Waals surface area contributed by atoms with Crippen LogP contribution in [0.25, 0.3) is 10.9 Å². The van der Waals surface area contributed by atoms with Gasteiger partial charge in [-0.25, -0.2) is 12.8 Å². The number of anilines is 1. The standard InChI is InChI=1S/C23H25FN2O3S/c1-15-6-4-8-17(10-15)30(28,29)22-14-25(3)20-12-21(19(24)11-18(20)23(22)27)26-9-5-7-16(2)13-26/h4,6,8,10-12,14,16H,5,7,9,13H2,1-3H3. The van der Waals surface area contributed by atoms with Crippen LogP contribution in [0.15, 0.2) is 57.2 Å². The molecule has 0 N–H and O–H groups in total. The summed E-state index contributed by atoms with van der Waals surface area (Å²) in [7, 11) is -2.34. The third kappa shape index (κ3) is 3.51. The Balaban J connectivity index is 1.89. The van der Waals surface area contributed by atoms with Crippen LogP contribution < -0.4 is 10.3 Å². The van der Waals surface area contributed by atoms with E-state index in [1.54, 1.807) is 36.7 Å². The molecule has 1 saturated heterocycles. The van der Waals surface area contributed by atoms with E-state index in [9.17, 15) is 13.2 Å². The van der Waals surface area contributed by atoms with Gasteiger partial charge >= 0.3 is 0 Å². The van der Waals surface area contributed by atoms with Crippen molar-refractivity contribution in [2.75, 3.05) is 18.0 Å². The molecule has 7 heteroatoms. The summed E-state index contributed by atoms with van der Waals surface area (Å²) in [5, 5.41) is 0.0672. The van der Waals surface area contributed by atoms with E-state index in [-0.39, 0.29) is 15.2 Å². The van der Waals surface area contributed by atoms with Gasteiger partial charge in [-0.05, 0) is 55.5 Å². The molecule has 158 valence electrons. The van der Waals surface area contributed by atoms with Gasteiger partial charge in [0.15, 0.2) is 0 Å². The molecule has 1 aliphatic rings. The van der Waals surface area contributed by atoms with Gasteiger partial charge in [-0.1, -0.05) is 19.1 Å². The van der Waals surface area contributed by atoms with Crippen molar-refractivity contribution in [2.45, 2.75) is 36.5 Å². The fourth-order valence-electron chi connectivity index (χ4n) is 4.21. The Kier molecular flexibility index (Phi) is 5.18. The highest BCUT2D eigenvalue weighted by atomic mass is 32.2. The van der Waals surface area contributed by atoms with Crippen LogP contribution in [0.1, 0.15) is 25.3 Å². The van der Waals surface area contributed by atoms with Crippen molar-refractivity contribution < 1.29 is 12.8 Å². The number of fused-ring (bicyclic) bond motifs is 1. The molecule has 3 aromatic rings. The number of piperidine rings is 1. The Labute approximate surface area is 175 Å². The minimum absolute atomic E-state index is 0.0540. The van der Waals surface area contributed by atoms with Gasteiger partial charge in [-0.15, -0.1) is 0 Å². The molecule has 1 atom stereocenters. The van der Waals surface area contributed by atoms with E-state index < -0.39 is 21.1 Å². The number of aryl methyl sites for hydroxylation is 2. The normalized spacial score (nSPS) is 17.5. The fraction of sp³-hybridized carbons (Fsp3) is 0.348. The third-order valence-corrected chi connectivity index (χ3v) is 7.56. The fourth-order valence-corrected chi connectivity index (χ4v) is 5.72. The second-order valence-electron chi connectivity index (χ2n) is 8.27. The molecule has 0 radical (unpaired) electrons. The Morgan fingerprint density at radius 1 is 1.17 bits per heavy atom. The quantitative estimate of drug-likeness (QED) is 0.631. The van der Waals surface area contributed by atoms with E-state index in [2.05, 4.69) is 6.92 Å². The summed E-state index contributed by atoms with van der Waals surface area (Å²) >= 11 is 0. The lowest BCUT2D eigenvalue weighted by molar-refractivity contribution is 0.442. The maximum absolute atomic E-state index is 15.0. The molecule has 4 rings (SSSR count). The average molecular weight is 429 g/mol. The second-order valence-corrected chi connectivity index (χ2v) is 10.2. The number of aromatic nitrogens is 1. The molecule has 0 amide bonds. The highest BCUT2D eigenvalue weighted by Crippen LogP contribution is 2.30. The maximum Gasteiger partial charge on any atom is 0.211 e. The molecular formula is C23H25FN2O3S. The first-order valence-electron chi connectivity index (χ1n) is 10.1.